The summed E-state index contributed by atoms with van der Waals surface area (Å²) in [6.45, 7) is 4.70. The van der Waals surface area contributed by atoms with E-state index in [4.69, 9.17) is 13.9 Å². The van der Waals surface area contributed by atoms with Crippen LogP contribution in [-0.2, 0) is 16.0 Å². The molecule has 1 aliphatic rings. The minimum Gasteiger partial charge on any atom is -0.457 e. The van der Waals surface area contributed by atoms with Crippen molar-refractivity contribution in [2.45, 2.75) is 25.8 Å². The fourth-order valence-corrected chi connectivity index (χ4v) is 4.43. The molecule has 2 N–H and O–H groups in total. The Kier molecular flexibility index (Phi) is 10.2. The van der Waals surface area contributed by atoms with Crippen molar-refractivity contribution in [1.29, 1.82) is 0 Å². The van der Waals surface area contributed by atoms with Crippen LogP contribution in [0.3, 0.4) is 0 Å². The second-order valence-corrected chi connectivity index (χ2v) is 8.62. The third kappa shape index (κ3) is 7.16. The molecule has 0 bridgehead atoms. The number of hydrogen-bond donors (Lipinski definition) is 2. The summed E-state index contributed by atoms with van der Waals surface area (Å²) >= 11 is 1.64. The molecule has 1 saturated heterocycles. The lowest BCUT2D eigenvalue weighted by molar-refractivity contribution is 0.0203. The predicted octanol–water partition coefficient (Wildman–Crippen LogP) is 4.67. The maximum atomic E-state index is 5.98. The molecule has 4 rings (SSSR count). The van der Waals surface area contributed by atoms with Crippen LogP contribution in [0.1, 0.15) is 25.0 Å². The number of aromatic nitrogens is 1. The topological polar surface area (TPSA) is 80.9 Å². The highest BCUT2D eigenvalue weighted by molar-refractivity contribution is 14.0. The van der Waals surface area contributed by atoms with Gasteiger partial charge in [-0.1, -0.05) is 12.1 Å². The van der Waals surface area contributed by atoms with Crippen molar-refractivity contribution < 1.29 is 13.9 Å². The van der Waals surface area contributed by atoms with Crippen LogP contribution in [0.15, 0.2) is 45.8 Å². The normalized spacial score (nSPS) is 15.0. The smallest absolute Gasteiger partial charge is 0.191 e. The van der Waals surface area contributed by atoms with Gasteiger partial charge in [0, 0.05) is 40.0 Å². The first-order valence-electron chi connectivity index (χ1n) is 10.9. The quantitative estimate of drug-likeness (QED) is 0.169. The number of furan rings is 1. The highest BCUT2D eigenvalue weighted by atomic mass is 127. The van der Waals surface area contributed by atoms with Crippen molar-refractivity contribution in [3.63, 3.8) is 0 Å². The van der Waals surface area contributed by atoms with Gasteiger partial charge in [0.25, 0.3) is 0 Å². The number of ether oxygens (including phenoxy) is 2. The molecule has 32 heavy (non-hydrogen) atoms. The summed E-state index contributed by atoms with van der Waals surface area (Å²) in [6.07, 6.45) is 3.16. The van der Waals surface area contributed by atoms with Crippen molar-refractivity contribution >= 4 is 51.5 Å². The number of aliphatic imine (C=N–C) groups is 1. The maximum absolute atomic E-state index is 5.98. The van der Waals surface area contributed by atoms with Gasteiger partial charge >= 0.3 is 0 Å². The van der Waals surface area contributed by atoms with Crippen molar-refractivity contribution in [2.24, 2.45) is 10.9 Å². The van der Waals surface area contributed by atoms with Crippen LogP contribution in [0.4, 0.5) is 0 Å². The molecule has 1 aliphatic heterocycles. The zero-order valence-corrected chi connectivity index (χ0v) is 21.5. The lowest BCUT2D eigenvalue weighted by Gasteiger charge is -2.21. The molecule has 7 nitrogen and oxygen atoms in total. The summed E-state index contributed by atoms with van der Waals surface area (Å²) in [5.41, 5.74) is 1.000. The summed E-state index contributed by atoms with van der Waals surface area (Å²) in [6, 6.07) is 12.1. The number of hydrogen-bond acceptors (Lipinski definition) is 6. The monoisotopic (exact) mass is 570 g/mol. The van der Waals surface area contributed by atoms with E-state index in [0.717, 1.165) is 84.9 Å². The number of nitrogens with zero attached hydrogens (tertiary/aromatic N) is 2. The lowest BCUT2D eigenvalue weighted by Crippen LogP contribution is -2.37. The molecule has 0 radical (unpaired) electrons. The highest BCUT2D eigenvalue weighted by Crippen LogP contribution is 2.31. The number of rotatable bonds is 9. The van der Waals surface area contributed by atoms with Gasteiger partial charge in [0.15, 0.2) is 16.7 Å². The van der Waals surface area contributed by atoms with Crippen molar-refractivity contribution in [2.75, 3.05) is 40.0 Å². The standard InChI is InChI=1S/C23H30N4O3S.HI/c1-24-23(25-11-4-12-29-16-17-9-13-28-14-10-17)26-15-18-7-8-20(30-18)22-27-19-5-2-3-6-21(19)31-22;/h2-3,5-8,17H,4,9-16H2,1H3,(H2,24,25,26);1H. The van der Waals surface area contributed by atoms with E-state index >= 15 is 0 Å². The van der Waals surface area contributed by atoms with E-state index in [9.17, 15) is 0 Å². The van der Waals surface area contributed by atoms with Gasteiger partial charge in [-0.2, -0.15) is 0 Å². The Hall–Kier alpha value is -1.69. The second kappa shape index (κ2) is 13.1. The molecule has 0 amide bonds. The zero-order chi connectivity index (χ0) is 21.3. The molecule has 0 aliphatic carbocycles. The van der Waals surface area contributed by atoms with Crippen LogP contribution in [0.2, 0.25) is 0 Å². The molecule has 9 heteroatoms. The van der Waals surface area contributed by atoms with Crippen LogP contribution in [0.5, 0.6) is 0 Å². The van der Waals surface area contributed by atoms with E-state index in [-0.39, 0.29) is 24.0 Å². The minimum absolute atomic E-state index is 0. The Morgan fingerprint density at radius 3 is 2.84 bits per heavy atom. The van der Waals surface area contributed by atoms with Gasteiger partial charge in [0.1, 0.15) is 5.76 Å². The van der Waals surface area contributed by atoms with Crippen molar-refractivity contribution in [3.05, 3.63) is 42.2 Å². The number of halogens is 1. The molecule has 2 aromatic heterocycles. The molecule has 0 spiro atoms. The van der Waals surface area contributed by atoms with Crippen molar-refractivity contribution in [1.82, 2.24) is 15.6 Å². The van der Waals surface area contributed by atoms with Gasteiger partial charge in [-0.3, -0.25) is 4.99 Å². The number of para-hydroxylation sites is 1. The lowest BCUT2D eigenvalue weighted by atomic mass is 10.0. The Morgan fingerprint density at radius 2 is 2.03 bits per heavy atom. The summed E-state index contributed by atoms with van der Waals surface area (Å²) in [5.74, 6) is 3.04. The average Bonchev–Trinajstić information content (AvgIpc) is 3.45. The Balaban J connectivity index is 0.00000289. The molecule has 174 valence electrons. The molecule has 0 saturated carbocycles. The maximum Gasteiger partial charge on any atom is 0.191 e. The van der Waals surface area contributed by atoms with Crippen LogP contribution in [0, 0.1) is 5.92 Å². The van der Waals surface area contributed by atoms with Crippen LogP contribution in [0.25, 0.3) is 21.0 Å². The molecule has 3 heterocycles. The Bertz CT molecular complexity index is 951. The number of fused-ring (bicyclic) bond motifs is 1. The average molecular weight is 570 g/mol. The van der Waals surface area contributed by atoms with Crippen LogP contribution >= 0.6 is 35.3 Å². The summed E-state index contributed by atoms with van der Waals surface area (Å²) in [5, 5.41) is 7.51. The van der Waals surface area contributed by atoms with E-state index in [1.54, 1.807) is 18.4 Å². The van der Waals surface area contributed by atoms with Crippen LogP contribution in [-0.4, -0.2) is 51.0 Å². The highest BCUT2D eigenvalue weighted by Gasteiger charge is 2.13. The number of benzene rings is 1. The van der Waals surface area contributed by atoms with Gasteiger partial charge < -0.3 is 24.5 Å². The Morgan fingerprint density at radius 1 is 1.19 bits per heavy atom. The first-order chi connectivity index (χ1) is 15.3. The summed E-state index contributed by atoms with van der Waals surface area (Å²) in [7, 11) is 1.77. The summed E-state index contributed by atoms with van der Waals surface area (Å²) in [4.78, 5) is 8.93. The first-order valence-corrected chi connectivity index (χ1v) is 11.7. The van der Waals surface area contributed by atoms with E-state index < -0.39 is 0 Å². The van der Waals surface area contributed by atoms with Gasteiger partial charge in [-0.15, -0.1) is 35.3 Å². The number of nitrogens with one attached hydrogen (secondary N) is 2. The molecule has 0 unspecified atom stereocenters. The zero-order valence-electron chi connectivity index (χ0n) is 18.3. The van der Waals surface area contributed by atoms with Gasteiger partial charge in [-0.05, 0) is 49.4 Å². The summed E-state index contributed by atoms with van der Waals surface area (Å²) < 4.78 is 18.3. The second-order valence-electron chi connectivity index (χ2n) is 7.59. The van der Waals surface area contributed by atoms with Crippen molar-refractivity contribution in [3.8, 4) is 10.8 Å². The fourth-order valence-electron chi connectivity index (χ4n) is 3.50. The molecule has 3 aromatic rings. The molecule has 1 fully saturated rings. The predicted molar refractivity (Wildman–Crippen MR) is 140 cm³/mol. The fraction of sp³-hybridized carbons (Fsp3) is 0.478. The SMILES string of the molecule is CN=C(NCCCOCC1CCOCC1)NCc1ccc(-c2nc3ccccc3s2)o1.I. The van der Waals surface area contributed by atoms with E-state index in [1.165, 1.54) is 0 Å². The molecular formula is C23H31IN4O3S. The van der Waals surface area contributed by atoms with E-state index in [1.807, 2.05) is 30.3 Å². The minimum atomic E-state index is 0. The van der Waals surface area contributed by atoms with Crippen LogP contribution < -0.4 is 10.6 Å². The number of guanidine groups is 1. The Labute approximate surface area is 210 Å². The van der Waals surface area contributed by atoms with E-state index in [0.29, 0.717) is 12.5 Å². The van der Waals surface area contributed by atoms with Gasteiger partial charge in [0.05, 0.1) is 16.8 Å². The molecule has 0 atom stereocenters. The third-order valence-electron chi connectivity index (χ3n) is 5.27. The largest absolute Gasteiger partial charge is 0.457 e. The van der Waals surface area contributed by atoms with Gasteiger partial charge in [0.2, 0.25) is 0 Å². The number of thiazole rings is 1. The van der Waals surface area contributed by atoms with E-state index in [2.05, 4.69) is 26.7 Å². The third-order valence-corrected chi connectivity index (χ3v) is 6.32. The van der Waals surface area contributed by atoms with Gasteiger partial charge in [-0.25, -0.2) is 4.98 Å². The first kappa shape index (κ1) is 24.9. The molecule has 1 aromatic carbocycles. The molecular weight excluding hydrogens is 539 g/mol.